The van der Waals surface area contributed by atoms with Crippen LogP contribution in [0, 0.1) is 0 Å². The lowest BCUT2D eigenvalue weighted by atomic mass is 10.1. The second kappa shape index (κ2) is 9.29. The quantitative estimate of drug-likeness (QED) is 0.461. The Balaban J connectivity index is 1.57. The molecule has 2 aliphatic carbocycles. The average Bonchev–Trinajstić information content (AvgIpc) is 3.42. The number of aliphatic hydroxyl groups excluding tert-OH is 1. The van der Waals surface area contributed by atoms with Gasteiger partial charge < -0.3 is 25.0 Å². The number of benzene rings is 1. The summed E-state index contributed by atoms with van der Waals surface area (Å²) in [7, 11) is 0. The zero-order valence-electron chi connectivity index (χ0n) is 18.6. The molecule has 33 heavy (non-hydrogen) atoms. The number of fused-ring (bicyclic) bond motifs is 1. The van der Waals surface area contributed by atoms with Crippen molar-refractivity contribution in [3.05, 3.63) is 41.0 Å². The van der Waals surface area contributed by atoms with Gasteiger partial charge >= 0.3 is 0 Å². The van der Waals surface area contributed by atoms with Gasteiger partial charge in [0.25, 0.3) is 5.91 Å². The number of ether oxygens (including phenoxy) is 1. The van der Waals surface area contributed by atoms with Crippen LogP contribution >= 0.6 is 11.6 Å². The summed E-state index contributed by atoms with van der Waals surface area (Å²) in [5, 5.41) is 17.7. The molecule has 2 saturated carbocycles. The second-order valence-electron chi connectivity index (χ2n) is 8.70. The van der Waals surface area contributed by atoms with Crippen molar-refractivity contribution in [2.24, 2.45) is 0 Å². The van der Waals surface area contributed by atoms with Crippen molar-refractivity contribution in [2.45, 2.75) is 63.9 Å². The van der Waals surface area contributed by atoms with Crippen molar-refractivity contribution in [3.63, 3.8) is 0 Å². The van der Waals surface area contributed by atoms with E-state index < -0.39 is 6.10 Å². The summed E-state index contributed by atoms with van der Waals surface area (Å²) in [4.78, 5) is 21.9. The summed E-state index contributed by atoms with van der Waals surface area (Å²) >= 11 is 6.55. The van der Waals surface area contributed by atoms with Crippen LogP contribution in [0.3, 0.4) is 0 Å². The number of halogens is 1. The molecular formula is C24H28ClN5O3. The molecule has 0 spiro atoms. The van der Waals surface area contributed by atoms with Crippen LogP contribution in [0.2, 0.25) is 5.02 Å². The van der Waals surface area contributed by atoms with Crippen molar-refractivity contribution >= 4 is 34.4 Å². The van der Waals surface area contributed by atoms with Crippen molar-refractivity contribution in [3.8, 4) is 11.4 Å². The first-order valence-corrected chi connectivity index (χ1v) is 11.9. The van der Waals surface area contributed by atoms with Gasteiger partial charge in [-0.3, -0.25) is 4.79 Å². The van der Waals surface area contributed by atoms with Gasteiger partial charge in [0.05, 0.1) is 34.6 Å². The summed E-state index contributed by atoms with van der Waals surface area (Å²) in [6, 6.07) is 7.82. The maximum absolute atomic E-state index is 12.9. The van der Waals surface area contributed by atoms with E-state index in [0.717, 1.165) is 48.7 Å². The molecule has 2 aliphatic rings. The van der Waals surface area contributed by atoms with Crippen molar-refractivity contribution in [1.29, 1.82) is 0 Å². The topological polar surface area (TPSA) is 101 Å². The van der Waals surface area contributed by atoms with E-state index in [9.17, 15) is 9.90 Å². The summed E-state index contributed by atoms with van der Waals surface area (Å²) in [6.45, 7) is 2.78. The zero-order chi connectivity index (χ0) is 22.9. The van der Waals surface area contributed by atoms with E-state index in [1.54, 1.807) is 6.20 Å². The highest BCUT2D eigenvalue weighted by atomic mass is 35.5. The fraction of sp³-hybridized carbons (Fsp3) is 0.458. The number of hydrogen-bond acceptors (Lipinski definition) is 6. The number of rotatable bonds is 8. The van der Waals surface area contributed by atoms with Gasteiger partial charge in [-0.25, -0.2) is 9.97 Å². The Morgan fingerprint density at radius 2 is 2.15 bits per heavy atom. The Kier molecular flexibility index (Phi) is 6.23. The average molecular weight is 470 g/mol. The predicted octanol–water partition coefficient (Wildman–Crippen LogP) is 3.96. The van der Waals surface area contributed by atoms with Gasteiger partial charge in [-0.05, 0) is 57.2 Å². The molecular weight excluding hydrogens is 442 g/mol. The summed E-state index contributed by atoms with van der Waals surface area (Å²) in [6.07, 6.45) is 5.81. The first-order valence-electron chi connectivity index (χ1n) is 11.5. The van der Waals surface area contributed by atoms with Gasteiger partial charge in [0.2, 0.25) is 5.95 Å². The number of nitrogens with zero attached hydrogens (tertiary/aromatic N) is 3. The molecule has 8 nitrogen and oxygen atoms in total. The maximum Gasteiger partial charge on any atom is 0.252 e. The molecule has 9 heteroatoms. The van der Waals surface area contributed by atoms with E-state index in [-0.39, 0.29) is 18.0 Å². The largest absolute Gasteiger partial charge is 0.391 e. The lowest BCUT2D eigenvalue weighted by molar-refractivity contribution is 0.0917. The highest BCUT2D eigenvalue weighted by Gasteiger charge is 2.27. The van der Waals surface area contributed by atoms with Crippen LogP contribution in [0.5, 0.6) is 0 Å². The van der Waals surface area contributed by atoms with Crippen LogP contribution in [0.1, 0.15) is 49.4 Å². The van der Waals surface area contributed by atoms with Crippen LogP contribution in [-0.4, -0.2) is 50.3 Å². The van der Waals surface area contributed by atoms with E-state index in [2.05, 4.69) is 15.6 Å². The van der Waals surface area contributed by atoms with Crippen LogP contribution in [0.15, 0.2) is 30.5 Å². The molecule has 2 aromatic heterocycles. The van der Waals surface area contributed by atoms with Crippen LogP contribution < -0.4 is 10.6 Å². The standard InChI is InChI=1S/C24H28ClN5O3/c1-2-33-13-30-19-7-3-5-15(23(32)27-14-9-10-14)16(19)11-20(30)22-17(25)12-26-24(29-22)28-18-6-4-8-21(18)31/h3,5,7,11-12,14,18,21,31H,2,4,6,8-10,13H2,1H3,(H,27,32)(H,26,28,29)/t18-,21-/m1/s1. The number of aromatic nitrogens is 3. The Labute approximate surface area is 197 Å². The molecule has 0 radical (unpaired) electrons. The van der Waals surface area contributed by atoms with Gasteiger partial charge in [-0.15, -0.1) is 0 Å². The number of anilines is 1. The Morgan fingerprint density at radius 1 is 1.30 bits per heavy atom. The zero-order valence-corrected chi connectivity index (χ0v) is 19.3. The smallest absolute Gasteiger partial charge is 0.252 e. The number of carbonyl (C=O) groups excluding carboxylic acids is 1. The molecule has 5 rings (SSSR count). The maximum atomic E-state index is 12.9. The van der Waals surface area contributed by atoms with Crippen LogP contribution in [0.25, 0.3) is 22.3 Å². The first-order chi connectivity index (χ1) is 16.0. The third kappa shape index (κ3) is 4.55. The normalized spacial score (nSPS) is 20.3. The van der Waals surface area contributed by atoms with Gasteiger partial charge in [-0.1, -0.05) is 17.7 Å². The number of nitrogens with one attached hydrogen (secondary N) is 2. The monoisotopic (exact) mass is 469 g/mol. The SMILES string of the molecule is CCOCn1c(-c2nc(N[C@@H]3CCC[C@H]3O)ncc2Cl)cc2c(C(=O)NC3CC3)cccc21. The van der Waals surface area contributed by atoms with Crippen molar-refractivity contribution < 1.29 is 14.6 Å². The molecule has 3 N–H and O–H groups in total. The molecule has 2 heterocycles. The molecule has 0 saturated heterocycles. The van der Waals surface area contributed by atoms with E-state index in [1.165, 1.54) is 0 Å². The van der Waals surface area contributed by atoms with Gasteiger partial charge in [-0.2, -0.15) is 0 Å². The molecule has 0 bridgehead atoms. The summed E-state index contributed by atoms with van der Waals surface area (Å²) in [5.41, 5.74) is 2.78. The fourth-order valence-corrected chi connectivity index (χ4v) is 4.57. The summed E-state index contributed by atoms with van der Waals surface area (Å²) < 4.78 is 7.72. The molecule has 174 valence electrons. The highest BCUT2D eigenvalue weighted by Crippen LogP contribution is 2.34. The molecule has 0 unspecified atom stereocenters. The number of aliphatic hydroxyl groups is 1. The second-order valence-corrected chi connectivity index (χ2v) is 9.11. The van der Waals surface area contributed by atoms with E-state index in [1.807, 2.05) is 35.8 Å². The van der Waals surface area contributed by atoms with Gasteiger partial charge in [0.15, 0.2) is 0 Å². The van der Waals surface area contributed by atoms with Crippen LogP contribution in [-0.2, 0) is 11.5 Å². The van der Waals surface area contributed by atoms with E-state index in [4.69, 9.17) is 21.3 Å². The van der Waals surface area contributed by atoms with Crippen molar-refractivity contribution in [2.75, 3.05) is 11.9 Å². The predicted molar refractivity (Wildman–Crippen MR) is 127 cm³/mol. The third-order valence-corrected chi connectivity index (χ3v) is 6.58. The van der Waals surface area contributed by atoms with Crippen LogP contribution in [0.4, 0.5) is 5.95 Å². The number of carbonyl (C=O) groups is 1. The Hall–Kier alpha value is -2.68. The molecule has 1 amide bonds. The third-order valence-electron chi connectivity index (χ3n) is 6.31. The molecule has 0 aliphatic heterocycles. The number of amides is 1. The van der Waals surface area contributed by atoms with E-state index in [0.29, 0.717) is 35.6 Å². The fourth-order valence-electron chi connectivity index (χ4n) is 4.38. The van der Waals surface area contributed by atoms with Gasteiger partial charge in [0, 0.05) is 23.6 Å². The molecule has 2 fully saturated rings. The highest BCUT2D eigenvalue weighted by molar-refractivity contribution is 6.33. The lowest BCUT2D eigenvalue weighted by Crippen LogP contribution is -2.28. The molecule has 1 aromatic carbocycles. The Morgan fingerprint density at radius 3 is 2.88 bits per heavy atom. The minimum absolute atomic E-state index is 0.0745. The molecule has 3 aromatic rings. The first kappa shape index (κ1) is 22.1. The minimum Gasteiger partial charge on any atom is -0.391 e. The number of hydrogen-bond donors (Lipinski definition) is 3. The minimum atomic E-state index is -0.412. The van der Waals surface area contributed by atoms with E-state index >= 15 is 0 Å². The lowest BCUT2D eigenvalue weighted by Gasteiger charge is -2.17. The van der Waals surface area contributed by atoms with Gasteiger partial charge in [0.1, 0.15) is 12.4 Å². The Bertz CT molecular complexity index is 1180. The van der Waals surface area contributed by atoms with Crippen molar-refractivity contribution in [1.82, 2.24) is 19.9 Å². The molecule has 2 atom stereocenters. The summed E-state index contributed by atoms with van der Waals surface area (Å²) in [5.74, 6) is 0.342.